The van der Waals surface area contributed by atoms with Crippen LogP contribution in [0.5, 0.6) is 0 Å². The number of hydrogen-bond donors (Lipinski definition) is 3. The molecule has 0 spiro atoms. The van der Waals surface area contributed by atoms with Crippen LogP contribution >= 0.6 is 15.9 Å². The number of hydrogen-bond acceptors (Lipinski definition) is 3. The molecule has 0 atom stereocenters. The molecule has 0 unspecified atom stereocenters. The fourth-order valence-electron chi connectivity index (χ4n) is 1.77. The lowest BCUT2D eigenvalue weighted by Crippen LogP contribution is -2.47. The van der Waals surface area contributed by atoms with E-state index in [-0.39, 0.29) is 24.8 Å². The molecule has 1 rings (SSSR count). The molecule has 22 heavy (non-hydrogen) atoms. The maximum Gasteiger partial charge on any atom is 0.303 e. The van der Waals surface area contributed by atoms with Crippen LogP contribution < -0.4 is 10.6 Å². The summed E-state index contributed by atoms with van der Waals surface area (Å²) in [5.41, 5.74) is -0.182. The van der Waals surface area contributed by atoms with Crippen LogP contribution in [0.2, 0.25) is 0 Å². The van der Waals surface area contributed by atoms with Crippen molar-refractivity contribution in [1.29, 1.82) is 0 Å². The molecule has 1 aromatic rings. The summed E-state index contributed by atoms with van der Waals surface area (Å²) in [6.45, 7) is 3.32. The van der Waals surface area contributed by atoms with Crippen LogP contribution in [0.1, 0.15) is 37.0 Å². The zero-order valence-electron chi connectivity index (χ0n) is 12.5. The molecule has 120 valence electrons. The van der Waals surface area contributed by atoms with Gasteiger partial charge in [0.2, 0.25) is 5.91 Å². The minimum absolute atomic E-state index is 0.0292. The fraction of sp³-hybridized carbons (Fsp3) is 0.400. The number of carboxylic acids is 1. The Hall–Kier alpha value is -1.89. The molecule has 0 saturated carbocycles. The predicted molar refractivity (Wildman–Crippen MR) is 85.6 cm³/mol. The van der Waals surface area contributed by atoms with Gasteiger partial charge in [-0.25, -0.2) is 0 Å². The van der Waals surface area contributed by atoms with Gasteiger partial charge in [-0.2, -0.15) is 0 Å². The number of nitrogens with one attached hydrogen (secondary N) is 2. The number of halogens is 1. The van der Waals surface area contributed by atoms with Gasteiger partial charge in [-0.1, -0.05) is 15.9 Å². The van der Waals surface area contributed by atoms with Crippen LogP contribution in [0.15, 0.2) is 28.7 Å². The molecule has 1 aromatic carbocycles. The van der Waals surface area contributed by atoms with E-state index in [2.05, 4.69) is 26.6 Å². The Bertz CT molecular complexity index is 555. The molecule has 0 aliphatic heterocycles. The zero-order chi connectivity index (χ0) is 16.8. The van der Waals surface area contributed by atoms with Crippen molar-refractivity contribution in [2.75, 3.05) is 6.54 Å². The molecule has 0 radical (unpaired) electrons. The third kappa shape index (κ3) is 6.71. The van der Waals surface area contributed by atoms with Gasteiger partial charge in [-0.15, -0.1) is 0 Å². The lowest BCUT2D eigenvalue weighted by Gasteiger charge is -2.25. The molecular weight excluding hydrogens is 352 g/mol. The van der Waals surface area contributed by atoms with Gasteiger partial charge in [0.1, 0.15) is 0 Å². The monoisotopic (exact) mass is 370 g/mol. The van der Waals surface area contributed by atoms with Crippen molar-refractivity contribution >= 4 is 33.7 Å². The predicted octanol–water partition coefficient (Wildman–Crippen LogP) is 1.94. The molecule has 6 nitrogen and oxygen atoms in total. The van der Waals surface area contributed by atoms with Crippen LogP contribution in [-0.4, -0.2) is 35.0 Å². The topological polar surface area (TPSA) is 95.5 Å². The second-order valence-corrected chi connectivity index (χ2v) is 6.43. The second kappa shape index (κ2) is 7.93. The minimum Gasteiger partial charge on any atom is -0.481 e. The molecule has 7 heteroatoms. The van der Waals surface area contributed by atoms with Gasteiger partial charge in [0.05, 0.1) is 6.54 Å². The summed E-state index contributed by atoms with van der Waals surface area (Å²) in [7, 11) is 0. The number of carbonyl (C=O) groups is 3. The largest absolute Gasteiger partial charge is 0.481 e. The molecule has 0 aliphatic rings. The van der Waals surface area contributed by atoms with Crippen molar-refractivity contribution in [2.24, 2.45) is 0 Å². The number of aliphatic carboxylic acids is 1. The van der Waals surface area contributed by atoms with Crippen LogP contribution in [0.3, 0.4) is 0 Å². The summed E-state index contributed by atoms with van der Waals surface area (Å²) in [5, 5.41) is 13.9. The number of carboxylic acid groups (broad SMARTS) is 1. The van der Waals surface area contributed by atoms with E-state index in [4.69, 9.17) is 5.11 Å². The van der Waals surface area contributed by atoms with Crippen LogP contribution in [-0.2, 0) is 9.59 Å². The SMILES string of the molecule is CC(C)(CCC(=O)O)NC(=O)CNC(=O)c1ccc(Br)cc1. The van der Waals surface area contributed by atoms with Gasteiger partial charge in [-0.3, -0.25) is 14.4 Å². The quantitative estimate of drug-likeness (QED) is 0.683. The number of amides is 2. The molecule has 0 fully saturated rings. The van der Waals surface area contributed by atoms with Gasteiger partial charge >= 0.3 is 5.97 Å². The minimum atomic E-state index is -0.911. The average Bonchev–Trinajstić information content (AvgIpc) is 2.43. The number of carbonyl (C=O) groups excluding carboxylic acids is 2. The van der Waals surface area contributed by atoms with E-state index in [9.17, 15) is 14.4 Å². The molecule has 0 saturated heterocycles. The highest BCUT2D eigenvalue weighted by Gasteiger charge is 2.21. The van der Waals surface area contributed by atoms with E-state index in [0.29, 0.717) is 12.0 Å². The van der Waals surface area contributed by atoms with Crippen LogP contribution in [0, 0.1) is 0 Å². The van der Waals surface area contributed by atoms with E-state index in [1.807, 2.05) is 0 Å². The third-order valence-electron chi connectivity index (χ3n) is 2.96. The molecule has 0 aliphatic carbocycles. The van der Waals surface area contributed by atoms with Crippen molar-refractivity contribution in [2.45, 2.75) is 32.2 Å². The first kappa shape index (κ1) is 18.2. The van der Waals surface area contributed by atoms with Gasteiger partial charge < -0.3 is 15.7 Å². The highest BCUT2D eigenvalue weighted by atomic mass is 79.9. The van der Waals surface area contributed by atoms with Crippen molar-refractivity contribution in [3.63, 3.8) is 0 Å². The van der Waals surface area contributed by atoms with E-state index in [1.165, 1.54) is 0 Å². The molecule has 0 heterocycles. The van der Waals surface area contributed by atoms with Gasteiger partial charge in [0.25, 0.3) is 5.91 Å². The lowest BCUT2D eigenvalue weighted by atomic mass is 9.98. The van der Waals surface area contributed by atoms with Crippen molar-refractivity contribution in [3.8, 4) is 0 Å². The molecule has 2 amide bonds. The van der Waals surface area contributed by atoms with Crippen molar-refractivity contribution in [3.05, 3.63) is 34.3 Å². The smallest absolute Gasteiger partial charge is 0.303 e. The Morgan fingerprint density at radius 3 is 2.32 bits per heavy atom. The first-order valence-corrected chi connectivity index (χ1v) is 7.55. The van der Waals surface area contributed by atoms with Crippen molar-refractivity contribution in [1.82, 2.24) is 10.6 Å². The summed E-state index contributed by atoms with van der Waals surface area (Å²) < 4.78 is 0.863. The first-order chi connectivity index (χ1) is 10.2. The summed E-state index contributed by atoms with van der Waals surface area (Å²) in [6, 6.07) is 6.77. The van der Waals surface area contributed by atoms with Gasteiger partial charge in [-0.05, 0) is 44.5 Å². The van der Waals surface area contributed by atoms with Gasteiger partial charge in [0.15, 0.2) is 0 Å². The summed E-state index contributed by atoms with van der Waals surface area (Å²) >= 11 is 3.28. The standard InChI is InChI=1S/C15H19BrN2O4/c1-15(2,8-7-13(20)21)18-12(19)9-17-14(22)10-3-5-11(16)6-4-10/h3-6H,7-9H2,1-2H3,(H,17,22)(H,18,19)(H,20,21). The number of benzene rings is 1. The summed E-state index contributed by atoms with van der Waals surface area (Å²) in [6.07, 6.45) is 0.285. The van der Waals surface area contributed by atoms with E-state index in [0.717, 1.165) is 4.47 Å². The molecule has 0 aromatic heterocycles. The maximum atomic E-state index is 11.9. The molecule has 3 N–H and O–H groups in total. The Morgan fingerprint density at radius 2 is 1.77 bits per heavy atom. The van der Waals surface area contributed by atoms with Gasteiger partial charge in [0, 0.05) is 22.0 Å². The Balaban J connectivity index is 2.43. The van der Waals surface area contributed by atoms with Crippen LogP contribution in [0.25, 0.3) is 0 Å². The number of rotatable bonds is 7. The Kier molecular flexibility index (Phi) is 6.55. The Labute approximate surface area is 137 Å². The van der Waals surface area contributed by atoms with E-state index in [1.54, 1.807) is 38.1 Å². The maximum absolute atomic E-state index is 11.9. The highest BCUT2D eigenvalue weighted by molar-refractivity contribution is 9.10. The fourth-order valence-corrected chi connectivity index (χ4v) is 2.03. The summed E-state index contributed by atoms with van der Waals surface area (Å²) in [4.78, 5) is 34.2. The van der Waals surface area contributed by atoms with E-state index >= 15 is 0 Å². The zero-order valence-corrected chi connectivity index (χ0v) is 14.1. The Morgan fingerprint density at radius 1 is 1.18 bits per heavy atom. The molecular formula is C15H19BrN2O4. The normalized spacial score (nSPS) is 10.9. The van der Waals surface area contributed by atoms with Crippen molar-refractivity contribution < 1.29 is 19.5 Å². The molecule has 0 bridgehead atoms. The third-order valence-corrected chi connectivity index (χ3v) is 3.49. The summed E-state index contributed by atoms with van der Waals surface area (Å²) in [5.74, 6) is -1.61. The second-order valence-electron chi connectivity index (χ2n) is 5.52. The van der Waals surface area contributed by atoms with E-state index < -0.39 is 11.5 Å². The first-order valence-electron chi connectivity index (χ1n) is 6.76. The lowest BCUT2D eigenvalue weighted by molar-refractivity contribution is -0.137. The average molecular weight is 371 g/mol. The highest BCUT2D eigenvalue weighted by Crippen LogP contribution is 2.11. The van der Waals surface area contributed by atoms with Crippen LogP contribution in [0.4, 0.5) is 0 Å².